The molecule has 0 fully saturated rings. The molecule has 3 aromatic rings. The Morgan fingerprint density at radius 2 is 1.50 bits per heavy atom. The Bertz CT molecular complexity index is 1000. The summed E-state index contributed by atoms with van der Waals surface area (Å²) >= 11 is -2.45. The third kappa shape index (κ3) is 5.14. The second kappa shape index (κ2) is 10.2. The maximum absolute atomic E-state index is 12.6. The first-order chi connectivity index (χ1) is 14.5. The van der Waals surface area contributed by atoms with Gasteiger partial charge in [-0.2, -0.15) is 0 Å². The molecular formula is C24H25N2O3S-. The number of anilines is 1. The van der Waals surface area contributed by atoms with E-state index < -0.39 is 11.3 Å². The molecule has 0 aliphatic rings. The number of carbonyl (C=O) groups is 1. The van der Waals surface area contributed by atoms with Crippen LogP contribution in [0.2, 0.25) is 0 Å². The Hall–Kier alpha value is -2.96. The van der Waals surface area contributed by atoms with Crippen LogP contribution in [-0.4, -0.2) is 32.7 Å². The average molecular weight is 422 g/mol. The minimum absolute atomic E-state index is 0.0520. The molecule has 0 aromatic heterocycles. The normalized spacial score (nSPS) is 11.7. The van der Waals surface area contributed by atoms with Crippen LogP contribution in [0.1, 0.15) is 29.8 Å². The summed E-state index contributed by atoms with van der Waals surface area (Å²) in [5.41, 5.74) is 3.98. The van der Waals surface area contributed by atoms with E-state index in [4.69, 9.17) is 0 Å². The van der Waals surface area contributed by atoms with E-state index in [0.29, 0.717) is 24.3 Å². The van der Waals surface area contributed by atoms with Crippen molar-refractivity contribution >= 4 is 22.9 Å². The summed E-state index contributed by atoms with van der Waals surface area (Å²) in [6.07, 6.45) is 0. The van der Waals surface area contributed by atoms with Crippen LogP contribution in [-0.2, 0) is 17.8 Å². The molecule has 0 aliphatic heterocycles. The van der Waals surface area contributed by atoms with Crippen molar-refractivity contribution in [1.29, 1.82) is 0 Å². The van der Waals surface area contributed by atoms with Crippen LogP contribution in [0.15, 0.2) is 78.9 Å². The smallest absolute Gasteiger partial charge is 0.253 e. The van der Waals surface area contributed by atoms with Gasteiger partial charge in [-0.25, -0.2) is 0 Å². The average Bonchev–Trinajstić information content (AvgIpc) is 2.79. The van der Waals surface area contributed by atoms with Gasteiger partial charge in [-0.05, 0) is 54.8 Å². The zero-order valence-corrected chi connectivity index (χ0v) is 18.0. The highest BCUT2D eigenvalue weighted by Gasteiger charge is 2.14. The van der Waals surface area contributed by atoms with Crippen LogP contribution in [0.3, 0.4) is 0 Å². The minimum Gasteiger partial charge on any atom is -0.755 e. The van der Waals surface area contributed by atoms with Gasteiger partial charge in [-0.15, -0.1) is 0 Å². The monoisotopic (exact) mass is 421 g/mol. The SMILES string of the molecule is CCN(CC)C(=O)c1cccc(CN(c2ccc(-c3ccccc3)cc2)S(=O)[O-])c1. The number of hydrogen-bond donors (Lipinski definition) is 0. The molecule has 3 rings (SSSR count). The van der Waals surface area contributed by atoms with Crippen molar-refractivity contribution in [2.45, 2.75) is 20.4 Å². The lowest BCUT2D eigenvalue weighted by Gasteiger charge is -2.27. The number of amides is 1. The Morgan fingerprint density at radius 3 is 2.10 bits per heavy atom. The van der Waals surface area contributed by atoms with Gasteiger partial charge in [0.25, 0.3) is 5.91 Å². The quantitative estimate of drug-likeness (QED) is 0.498. The Morgan fingerprint density at radius 1 is 0.867 bits per heavy atom. The van der Waals surface area contributed by atoms with E-state index in [-0.39, 0.29) is 12.5 Å². The number of rotatable bonds is 8. The predicted octanol–water partition coefficient (Wildman–Crippen LogP) is 4.64. The summed E-state index contributed by atoms with van der Waals surface area (Å²) in [7, 11) is 0. The van der Waals surface area contributed by atoms with Gasteiger partial charge in [0.2, 0.25) is 0 Å². The third-order valence-electron chi connectivity index (χ3n) is 4.99. The van der Waals surface area contributed by atoms with Gasteiger partial charge in [-0.3, -0.25) is 13.3 Å². The fraction of sp³-hybridized carbons (Fsp3) is 0.208. The highest BCUT2D eigenvalue weighted by molar-refractivity contribution is 7.80. The summed E-state index contributed by atoms with van der Waals surface area (Å²) < 4.78 is 25.1. The molecule has 1 unspecified atom stereocenters. The number of carbonyl (C=O) groups excluding carboxylic acids is 1. The molecule has 0 aliphatic carbocycles. The van der Waals surface area contributed by atoms with Crippen molar-refractivity contribution in [1.82, 2.24) is 4.90 Å². The van der Waals surface area contributed by atoms with Gasteiger partial charge in [-0.1, -0.05) is 54.6 Å². The van der Waals surface area contributed by atoms with Crippen molar-refractivity contribution in [2.24, 2.45) is 0 Å². The zero-order chi connectivity index (χ0) is 21.5. The van der Waals surface area contributed by atoms with Gasteiger partial charge >= 0.3 is 0 Å². The molecule has 0 heterocycles. The Labute approximate surface area is 180 Å². The Balaban J connectivity index is 1.82. The standard InChI is InChI=1S/C24H26N2O3S/c1-3-25(4-2)24(27)22-12-8-9-19(17-22)18-26(30(28)29)23-15-13-21(14-16-23)20-10-6-5-7-11-20/h5-17H,3-4,18H2,1-2H3,(H,28,29)/p-1. The first-order valence-electron chi connectivity index (χ1n) is 9.94. The van der Waals surface area contributed by atoms with Gasteiger partial charge in [0.15, 0.2) is 0 Å². The first kappa shape index (κ1) is 21.7. The van der Waals surface area contributed by atoms with Crippen molar-refractivity contribution in [2.75, 3.05) is 17.4 Å². The van der Waals surface area contributed by atoms with Crippen molar-refractivity contribution < 1.29 is 13.6 Å². The molecule has 0 radical (unpaired) electrons. The molecule has 0 spiro atoms. The van der Waals surface area contributed by atoms with Crippen LogP contribution >= 0.6 is 0 Å². The molecular weight excluding hydrogens is 396 g/mol. The number of hydrogen-bond acceptors (Lipinski definition) is 3. The van der Waals surface area contributed by atoms with E-state index in [9.17, 15) is 13.6 Å². The molecule has 156 valence electrons. The predicted molar refractivity (Wildman–Crippen MR) is 121 cm³/mol. The molecule has 0 saturated heterocycles. The maximum Gasteiger partial charge on any atom is 0.253 e. The van der Waals surface area contributed by atoms with Gasteiger partial charge in [0.1, 0.15) is 0 Å². The lowest BCUT2D eigenvalue weighted by molar-refractivity contribution is 0.0773. The molecule has 3 aromatic carbocycles. The third-order valence-corrected chi connectivity index (χ3v) is 5.69. The fourth-order valence-corrected chi connectivity index (χ4v) is 3.89. The van der Waals surface area contributed by atoms with Crippen molar-refractivity contribution in [3.63, 3.8) is 0 Å². The fourth-order valence-electron chi connectivity index (χ4n) is 3.34. The lowest BCUT2D eigenvalue weighted by atomic mass is 10.1. The van der Waals surface area contributed by atoms with E-state index in [1.54, 1.807) is 35.2 Å². The van der Waals surface area contributed by atoms with E-state index in [0.717, 1.165) is 16.7 Å². The second-order valence-electron chi connectivity index (χ2n) is 6.84. The van der Waals surface area contributed by atoms with Gasteiger partial charge in [0.05, 0.1) is 6.54 Å². The molecule has 30 heavy (non-hydrogen) atoms. The van der Waals surface area contributed by atoms with Crippen LogP contribution in [0.4, 0.5) is 5.69 Å². The van der Waals surface area contributed by atoms with Crippen molar-refractivity contribution in [3.05, 3.63) is 90.0 Å². The summed E-state index contributed by atoms with van der Waals surface area (Å²) in [6.45, 7) is 5.29. The van der Waals surface area contributed by atoms with E-state index in [2.05, 4.69) is 0 Å². The molecule has 6 heteroatoms. The summed E-state index contributed by atoms with van der Waals surface area (Å²) in [6, 6.07) is 24.5. The van der Waals surface area contributed by atoms with Gasteiger partial charge < -0.3 is 9.45 Å². The van der Waals surface area contributed by atoms with E-state index in [1.807, 2.05) is 62.4 Å². The minimum atomic E-state index is -2.45. The second-order valence-corrected chi connectivity index (χ2v) is 7.72. The van der Waals surface area contributed by atoms with Gasteiger partial charge in [0, 0.05) is 35.6 Å². The van der Waals surface area contributed by atoms with Crippen LogP contribution in [0.25, 0.3) is 11.1 Å². The number of nitrogens with zero attached hydrogens (tertiary/aromatic N) is 2. The highest BCUT2D eigenvalue weighted by Crippen LogP contribution is 2.25. The number of benzene rings is 3. The molecule has 0 N–H and O–H groups in total. The Kier molecular flexibility index (Phi) is 7.38. The summed E-state index contributed by atoms with van der Waals surface area (Å²) in [4.78, 5) is 14.4. The summed E-state index contributed by atoms with van der Waals surface area (Å²) in [5.74, 6) is -0.0520. The lowest BCUT2D eigenvalue weighted by Crippen LogP contribution is -2.30. The van der Waals surface area contributed by atoms with Crippen molar-refractivity contribution in [3.8, 4) is 11.1 Å². The summed E-state index contributed by atoms with van der Waals surface area (Å²) in [5, 5.41) is 0. The first-order valence-corrected chi connectivity index (χ1v) is 11.0. The van der Waals surface area contributed by atoms with Crippen LogP contribution in [0, 0.1) is 0 Å². The molecule has 0 saturated carbocycles. The van der Waals surface area contributed by atoms with E-state index in [1.165, 1.54) is 4.31 Å². The van der Waals surface area contributed by atoms with Crippen LogP contribution < -0.4 is 4.31 Å². The largest absolute Gasteiger partial charge is 0.755 e. The van der Waals surface area contributed by atoms with Crippen LogP contribution in [0.5, 0.6) is 0 Å². The highest BCUT2D eigenvalue weighted by atomic mass is 32.2. The zero-order valence-electron chi connectivity index (χ0n) is 17.2. The molecule has 0 bridgehead atoms. The molecule has 1 amide bonds. The molecule has 5 nitrogen and oxygen atoms in total. The van der Waals surface area contributed by atoms with E-state index >= 15 is 0 Å². The topological polar surface area (TPSA) is 63.7 Å². The molecule has 1 atom stereocenters. The maximum atomic E-state index is 12.6.